The maximum absolute atomic E-state index is 12.9. The van der Waals surface area contributed by atoms with Crippen molar-refractivity contribution in [3.05, 3.63) is 194 Å². The summed E-state index contributed by atoms with van der Waals surface area (Å²) in [6.07, 6.45) is 118. The Labute approximate surface area is 603 Å². The number of phosphoric acid groups is 1. The maximum Gasteiger partial charge on any atom is 0.306 e. The number of likely N-dealkylation sites (N-methyl/N-ethyl adjacent to an activating group) is 1. The van der Waals surface area contributed by atoms with Gasteiger partial charge in [-0.1, -0.05) is 337 Å². The average molecular weight is 1380 g/mol. The van der Waals surface area contributed by atoms with Crippen LogP contribution in [0.1, 0.15) is 296 Å². The number of carbonyl (C=O) groups excluding carboxylic acids is 2. The van der Waals surface area contributed by atoms with E-state index in [0.29, 0.717) is 17.4 Å². The Balaban J connectivity index is 4.06. The number of hydrogen-bond donors (Lipinski definition) is 0. The van der Waals surface area contributed by atoms with Crippen LogP contribution in [0.25, 0.3) is 0 Å². The summed E-state index contributed by atoms with van der Waals surface area (Å²) < 4.78 is 34.4. The molecule has 2 unspecified atom stereocenters. The van der Waals surface area contributed by atoms with Crippen LogP contribution in [0.2, 0.25) is 0 Å². The molecule has 10 heteroatoms. The van der Waals surface area contributed by atoms with Gasteiger partial charge in [0.1, 0.15) is 19.8 Å². The predicted molar refractivity (Wildman–Crippen MR) is 424 cm³/mol. The van der Waals surface area contributed by atoms with Gasteiger partial charge in [0.25, 0.3) is 7.82 Å². The van der Waals surface area contributed by atoms with E-state index in [0.717, 1.165) is 154 Å². The van der Waals surface area contributed by atoms with E-state index in [4.69, 9.17) is 18.5 Å². The molecular weight excluding hydrogens is 1230 g/mol. The van der Waals surface area contributed by atoms with Crippen LogP contribution < -0.4 is 4.89 Å². The first kappa shape index (κ1) is 92.8. The fourth-order valence-electron chi connectivity index (χ4n) is 10.2. The third-order valence-electron chi connectivity index (χ3n) is 16.1. The molecule has 554 valence electrons. The van der Waals surface area contributed by atoms with E-state index in [9.17, 15) is 19.0 Å². The molecule has 0 saturated heterocycles. The number of phosphoric ester groups is 1. The quantitative estimate of drug-likeness (QED) is 0.0195. The normalized spacial score (nSPS) is 14.1. The number of ether oxygens (including phenoxy) is 2. The van der Waals surface area contributed by atoms with E-state index < -0.39 is 32.5 Å². The Kier molecular flexibility index (Phi) is 72.0. The van der Waals surface area contributed by atoms with Gasteiger partial charge in [-0.2, -0.15) is 0 Å². The molecule has 98 heavy (non-hydrogen) atoms. The minimum Gasteiger partial charge on any atom is -0.756 e. The van der Waals surface area contributed by atoms with Crippen molar-refractivity contribution in [3.8, 4) is 0 Å². The lowest BCUT2D eigenvalue weighted by Gasteiger charge is -2.28. The second-order valence-electron chi connectivity index (χ2n) is 26.6. The molecule has 0 N–H and O–H groups in total. The fraction of sp³-hybridized carbons (Fsp3) is 0.614. The molecule has 9 nitrogen and oxygen atoms in total. The molecule has 0 radical (unpaired) electrons. The molecule has 0 aromatic carbocycles. The molecule has 0 rings (SSSR count). The number of unbranched alkanes of at least 4 members (excludes halogenated alkanes) is 24. The highest BCUT2D eigenvalue weighted by atomic mass is 31.2. The first-order valence-corrected chi connectivity index (χ1v) is 40.6. The molecule has 0 saturated carbocycles. The number of carbonyl (C=O) groups is 2. The predicted octanol–water partition coefficient (Wildman–Crippen LogP) is 25.8. The van der Waals surface area contributed by atoms with Gasteiger partial charge < -0.3 is 27.9 Å². The minimum absolute atomic E-state index is 0.0397. The summed E-state index contributed by atoms with van der Waals surface area (Å²) in [4.78, 5) is 38.2. The number of hydrogen-bond acceptors (Lipinski definition) is 8. The summed E-state index contributed by atoms with van der Waals surface area (Å²) in [6.45, 7) is 4.01. The van der Waals surface area contributed by atoms with Crippen LogP contribution in [0.15, 0.2) is 194 Å². The number of rotatable bonds is 70. The lowest BCUT2D eigenvalue weighted by molar-refractivity contribution is -0.870. The number of nitrogens with zero attached hydrogens (tertiary/aromatic N) is 1. The molecule has 0 aromatic rings. The van der Waals surface area contributed by atoms with Crippen LogP contribution >= 0.6 is 7.82 Å². The van der Waals surface area contributed by atoms with E-state index >= 15 is 0 Å². The average Bonchev–Trinajstić information content (AvgIpc) is 1.08. The summed E-state index contributed by atoms with van der Waals surface area (Å²) in [6, 6.07) is 0. The molecule has 0 aliphatic rings. The Morgan fingerprint density at radius 1 is 0.316 bits per heavy atom. The van der Waals surface area contributed by atoms with Crippen molar-refractivity contribution < 1.29 is 42.1 Å². The summed E-state index contributed by atoms with van der Waals surface area (Å²) in [5.41, 5.74) is 0. The van der Waals surface area contributed by atoms with Gasteiger partial charge in [-0.05, 0) is 141 Å². The van der Waals surface area contributed by atoms with Crippen LogP contribution in [0.4, 0.5) is 0 Å². The highest BCUT2D eigenvalue weighted by Gasteiger charge is 2.22. The zero-order chi connectivity index (χ0) is 71.1. The molecule has 0 fully saturated rings. The van der Waals surface area contributed by atoms with E-state index in [-0.39, 0.29) is 26.1 Å². The molecule has 0 aliphatic heterocycles. The summed E-state index contributed by atoms with van der Waals surface area (Å²) >= 11 is 0. The third-order valence-corrected chi connectivity index (χ3v) is 17.1. The lowest BCUT2D eigenvalue weighted by Crippen LogP contribution is -2.37. The topological polar surface area (TPSA) is 111 Å². The second-order valence-corrected chi connectivity index (χ2v) is 28.0. The summed E-state index contributed by atoms with van der Waals surface area (Å²) in [7, 11) is 1.15. The van der Waals surface area contributed by atoms with E-state index in [2.05, 4.69) is 208 Å². The third kappa shape index (κ3) is 79.8. The Morgan fingerprint density at radius 3 is 0.816 bits per heavy atom. The summed E-state index contributed by atoms with van der Waals surface area (Å²) in [5, 5.41) is 0. The summed E-state index contributed by atoms with van der Waals surface area (Å²) in [5.74, 6) is -0.843. The molecule has 0 bridgehead atoms. The number of allylic oxidation sites excluding steroid dienone is 32. The zero-order valence-electron chi connectivity index (χ0n) is 63.2. The minimum atomic E-state index is -4.66. The Hall–Kier alpha value is -5.15. The van der Waals surface area contributed by atoms with Gasteiger partial charge in [0.05, 0.1) is 27.7 Å². The zero-order valence-corrected chi connectivity index (χ0v) is 64.0. The van der Waals surface area contributed by atoms with E-state index in [1.54, 1.807) is 0 Å². The highest BCUT2D eigenvalue weighted by molar-refractivity contribution is 7.45. The molecular formula is C88H144NO8P. The first-order chi connectivity index (χ1) is 48.0. The van der Waals surface area contributed by atoms with Crippen molar-refractivity contribution in [3.63, 3.8) is 0 Å². The molecule has 0 spiro atoms. The molecule has 0 aromatic heterocycles. The fourth-order valence-corrected chi connectivity index (χ4v) is 10.9. The van der Waals surface area contributed by atoms with Gasteiger partial charge in [0, 0.05) is 12.8 Å². The van der Waals surface area contributed by atoms with Gasteiger partial charge >= 0.3 is 11.9 Å². The van der Waals surface area contributed by atoms with Crippen molar-refractivity contribution in [2.75, 3.05) is 47.5 Å². The van der Waals surface area contributed by atoms with Crippen molar-refractivity contribution in [1.29, 1.82) is 0 Å². The van der Waals surface area contributed by atoms with Gasteiger partial charge in [-0.3, -0.25) is 14.2 Å². The van der Waals surface area contributed by atoms with E-state index in [1.807, 2.05) is 21.1 Å². The van der Waals surface area contributed by atoms with Crippen LogP contribution in [-0.2, 0) is 32.7 Å². The van der Waals surface area contributed by atoms with Crippen molar-refractivity contribution in [1.82, 2.24) is 0 Å². The number of esters is 2. The van der Waals surface area contributed by atoms with Crippen LogP contribution in [0.5, 0.6) is 0 Å². The van der Waals surface area contributed by atoms with Crippen molar-refractivity contribution in [2.24, 2.45) is 0 Å². The Bertz CT molecular complexity index is 2360. The number of quaternary nitrogens is 1. The Morgan fingerprint density at radius 2 is 0.551 bits per heavy atom. The van der Waals surface area contributed by atoms with Gasteiger partial charge in [-0.25, -0.2) is 0 Å². The van der Waals surface area contributed by atoms with Gasteiger partial charge in [0.15, 0.2) is 6.10 Å². The van der Waals surface area contributed by atoms with Crippen LogP contribution in [0.3, 0.4) is 0 Å². The maximum atomic E-state index is 12.9. The lowest BCUT2D eigenvalue weighted by atomic mass is 10.0. The SMILES string of the molecule is CC/C=C\C/C=C\C/C=C\C/C=C\C/C=C\C/C=C\C/C=C\C/C=C\C/C=C\CCCCCCCCCCCCCCCC(=O)OC(COC(=O)CCCCCCCCCCCCC/C=C\C/C=C\C/C=C\C/C=C\C/C=C\C/C=C\C/C=C\CC)COP(=O)([O-])OCC[N+](C)(C)C. The standard InChI is InChI=1S/C88H144NO8P/c1-6-8-10-12-14-16-18-20-22-24-26-28-30-32-34-36-38-40-41-42-43-44-45-46-47-49-51-53-55-57-59-61-63-65-67-69-71-73-75-77-79-81-88(91)97-86(85-96-98(92,93)95-83-82-89(3,4)5)84-94-87(90)80-78-76-74-72-70-68-66-64-62-60-58-56-54-52-50-48-39-37-35-33-31-29-27-25-23-21-19-17-15-13-11-9-7-2/h8-11,14-17,20-23,26-29,32-35,38-40,42-43,45-46,48-49,51-52,54,86H,6-7,12-13,18-19,24-25,30-31,36-37,41,44,47,50,53,55-85H2,1-5H3/b10-8-,11-9-,16-14-,17-15-,22-20-,23-21-,28-26-,29-27-,34-32-,35-33-,40-38-,43-42-,46-45-,48-39-,51-49-,54-52-. The highest BCUT2D eigenvalue weighted by Crippen LogP contribution is 2.38. The monoisotopic (exact) mass is 1370 g/mol. The van der Waals surface area contributed by atoms with Crippen LogP contribution in [0, 0.1) is 0 Å². The van der Waals surface area contributed by atoms with Gasteiger partial charge in [0.2, 0.25) is 0 Å². The van der Waals surface area contributed by atoms with Crippen LogP contribution in [-0.4, -0.2) is 70.0 Å². The molecule has 0 heterocycles. The smallest absolute Gasteiger partial charge is 0.306 e. The van der Waals surface area contributed by atoms with Crippen molar-refractivity contribution in [2.45, 2.75) is 302 Å². The molecule has 0 aliphatic carbocycles. The van der Waals surface area contributed by atoms with E-state index in [1.165, 1.54) is 109 Å². The first-order valence-electron chi connectivity index (χ1n) is 39.1. The van der Waals surface area contributed by atoms with Crippen molar-refractivity contribution >= 4 is 19.8 Å². The largest absolute Gasteiger partial charge is 0.756 e. The molecule has 2 atom stereocenters. The van der Waals surface area contributed by atoms with Gasteiger partial charge in [-0.15, -0.1) is 0 Å². The molecule has 0 amide bonds. The second kappa shape index (κ2) is 76.0.